The van der Waals surface area contributed by atoms with Crippen LogP contribution in [0.5, 0.6) is 0 Å². The highest BCUT2D eigenvalue weighted by Gasteiger charge is 2.24. The Morgan fingerprint density at radius 3 is 2.48 bits per heavy atom. The first-order valence-electron chi connectivity index (χ1n) is 10.3. The van der Waals surface area contributed by atoms with Crippen molar-refractivity contribution in [2.24, 2.45) is 0 Å². The number of fused-ring (bicyclic) bond motifs is 1. The summed E-state index contributed by atoms with van der Waals surface area (Å²) in [5.41, 5.74) is 2.63. The summed E-state index contributed by atoms with van der Waals surface area (Å²) in [5, 5.41) is 0.700. The molecule has 0 spiro atoms. The Kier molecular flexibility index (Phi) is 6.48. The number of hydrogen-bond acceptors (Lipinski definition) is 6. The van der Waals surface area contributed by atoms with Gasteiger partial charge >= 0.3 is 5.91 Å². The number of amides is 1. The van der Waals surface area contributed by atoms with Crippen LogP contribution in [0.25, 0.3) is 22.1 Å². The number of carbonyl (C=O) groups is 1. The quantitative estimate of drug-likeness (QED) is 0.418. The third-order valence-corrected chi connectivity index (χ3v) is 6.68. The number of anilines is 1. The molecular weight excluding hydrogens is 440 g/mol. The SMILES string of the molecule is COCCN(C)c1ccc2cc(C(=O)NS(=O)(=O)c3ccccc3-c3ccccc3)oc2c1. The number of sulfonamides is 1. The third kappa shape index (κ3) is 4.92. The lowest BCUT2D eigenvalue weighted by molar-refractivity contribution is 0.0956. The number of carbonyl (C=O) groups excluding carboxylic acids is 1. The van der Waals surface area contributed by atoms with Crippen LogP contribution in [-0.4, -0.2) is 41.6 Å². The lowest BCUT2D eigenvalue weighted by Gasteiger charge is -2.18. The Hall–Kier alpha value is -3.62. The van der Waals surface area contributed by atoms with Crippen LogP contribution in [0.3, 0.4) is 0 Å². The van der Waals surface area contributed by atoms with E-state index in [1.54, 1.807) is 31.4 Å². The molecule has 0 saturated carbocycles. The number of hydrogen-bond donors (Lipinski definition) is 1. The van der Waals surface area contributed by atoms with Gasteiger partial charge in [-0.3, -0.25) is 4.79 Å². The van der Waals surface area contributed by atoms with Crippen molar-refractivity contribution in [1.82, 2.24) is 4.72 Å². The van der Waals surface area contributed by atoms with E-state index in [1.807, 2.05) is 54.4 Å². The number of likely N-dealkylation sites (N-methyl/N-ethyl adjacent to an activating group) is 1. The number of nitrogens with one attached hydrogen (secondary N) is 1. The monoisotopic (exact) mass is 464 g/mol. The number of furan rings is 1. The van der Waals surface area contributed by atoms with Gasteiger partial charge in [-0.15, -0.1) is 0 Å². The summed E-state index contributed by atoms with van der Waals surface area (Å²) in [4.78, 5) is 14.8. The van der Waals surface area contributed by atoms with Crippen LogP contribution in [0.2, 0.25) is 0 Å². The molecule has 1 aromatic heterocycles. The van der Waals surface area contributed by atoms with Crippen LogP contribution in [0.4, 0.5) is 5.69 Å². The molecule has 33 heavy (non-hydrogen) atoms. The molecule has 1 amide bonds. The lowest BCUT2D eigenvalue weighted by Crippen LogP contribution is -2.30. The Morgan fingerprint density at radius 2 is 1.73 bits per heavy atom. The highest BCUT2D eigenvalue weighted by Crippen LogP contribution is 2.28. The molecule has 0 fully saturated rings. The molecule has 7 nitrogen and oxygen atoms in total. The van der Waals surface area contributed by atoms with Gasteiger partial charge in [-0.1, -0.05) is 48.5 Å². The van der Waals surface area contributed by atoms with Gasteiger partial charge in [0.05, 0.1) is 11.5 Å². The smallest absolute Gasteiger partial charge is 0.300 e. The van der Waals surface area contributed by atoms with Gasteiger partial charge in [0.2, 0.25) is 0 Å². The van der Waals surface area contributed by atoms with Crippen molar-refractivity contribution in [1.29, 1.82) is 0 Å². The van der Waals surface area contributed by atoms with Gasteiger partial charge in [0.15, 0.2) is 5.76 Å². The van der Waals surface area contributed by atoms with Crippen molar-refractivity contribution in [3.05, 3.63) is 84.6 Å². The van der Waals surface area contributed by atoms with Gasteiger partial charge in [-0.25, -0.2) is 13.1 Å². The zero-order chi connectivity index (χ0) is 23.4. The molecule has 3 aromatic carbocycles. The van der Waals surface area contributed by atoms with Gasteiger partial charge in [0.25, 0.3) is 10.0 Å². The fraction of sp³-hybridized carbons (Fsp3) is 0.160. The summed E-state index contributed by atoms with van der Waals surface area (Å²) >= 11 is 0. The third-order valence-electron chi connectivity index (χ3n) is 5.29. The Labute approximate surface area is 192 Å². The summed E-state index contributed by atoms with van der Waals surface area (Å²) in [7, 11) is -0.574. The average molecular weight is 465 g/mol. The van der Waals surface area contributed by atoms with Gasteiger partial charge in [-0.05, 0) is 29.8 Å². The first-order chi connectivity index (χ1) is 15.9. The maximum Gasteiger partial charge on any atom is 0.300 e. The predicted octanol–water partition coefficient (Wildman–Crippen LogP) is 4.30. The molecule has 170 valence electrons. The molecule has 0 radical (unpaired) electrons. The van der Waals surface area contributed by atoms with Gasteiger partial charge in [-0.2, -0.15) is 0 Å². The number of nitrogens with zero attached hydrogens (tertiary/aromatic N) is 1. The van der Waals surface area contributed by atoms with Gasteiger partial charge in [0.1, 0.15) is 5.58 Å². The molecule has 1 heterocycles. The van der Waals surface area contributed by atoms with E-state index in [4.69, 9.17) is 9.15 Å². The molecule has 8 heteroatoms. The topological polar surface area (TPSA) is 88.9 Å². The second-order valence-corrected chi connectivity index (χ2v) is 9.19. The van der Waals surface area contributed by atoms with Gasteiger partial charge in [0, 0.05) is 43.4 Å². The van der Waals surface area contributed by atoms with Crippen LogP contribution in [-0.2, 0) is 14.8 Å². The van der Waals surface area contributed by atoms with Crippen LogP contribution in [0.1, 0.15) is 10.6 Å². The summed E-state index contributed by atoms with van der Waals surface area (Å²) in [6.45, 7) is 1.26. The zero-order valence-corrected chi connectivity index (χ0v) is 19.1. The van der Waals surface area contributed by atoms with Crippen LogP contribution >= 0.6 is 0 Å². The van der Waals surface area contributed by atoms with Crippen LogP contribution in [0.15, 0.2) is 88.2 Å². The Morgan fingerprint density at radius 1 is 1.00 bits per heavy atom. The largest absolute Gasteiger partial charge is 0.451 e. The van der Waals surface area contributed by atoms with Crippen molar-refractivity contribution in [2.75, 3.05) is 32.2 Å². The summed E-state index contributed by atoms with van der Waals surface area (Å²) < 4.78 is 39.1. The first kappa shape index (κ1) is 22.6. The van der Waals surface area contributed by atoms with E-state index in [9.17, 15) is 13.2 Å². The molecule has 0 atom stereocenters. The van der Waals surface area contributed by atoms with Crippen LogP contribution in [0, 0.1) is 0 Å². The molecule has 0 aliphatic heterocycles. The first-order valence-corrected chi connectivity index (χ1v) is 11.8. The second-order valence-electron chi connectivity index (χ2n) is 7.54. The minimum Gasteiger partial charge on any atom is -0.451 e. The second kappa shape index (κ2) is 9.48. The highest BCUT2D eigenvalue weighted by molar-refractivity contribution is 7.90. The summed E-state index contributed by atoms with van der Waals surface area (Å²) in [6.07, 6.45) is 0. The zero-order valence-electron chi connectivity index (χ0n) is 18.3. The molecule has 4 aromatic rings. The minimum atomic E-state index is -4.14. The molecule has 0 saturated heterocycles. The molecule has 4 rings (SSSR count). The number of methoxy groups -OCH3 is 1. The van der Waals surface area contributed by atoms with E-state index in [0.717, 1.165) is 11.3 Å². The fourth-order valence-corrected chi connectivity index (χ4v) is 4.70. The Balaban J connectivity index is 1.59. The number of rotatable bonds is 8. The van der Waals surface area contributed by atoms with E-state index in [0.29, 0.717) is 29.7 Å². The molecule has 1 N–H and O–H groups in total. The molecule has 0 aliphatic rings. The maximum absolute atomic E-state index is 13.1. The van der Waals surface area contributed by atoms with E-state index in [2.05, 4.69) is 4.72 Å². The number of ether oxygens (including phenoxy) is 1. The van der Waals surface area contributed by atoms with E-state index in [-0.39, 0.29) is 10.7 Å². The Bertz CT molecular complexity index is 1380. The van der Waals surface area contributed by atoms with Crippen molar-refractivity contribution < 1.29 is 22.4 Å². The van der Waals surface area contributed by atoms with Crippen LogP contribution < -0.4 is 9.62 Å². The number of benzene rings is 3. The minimum absolute atomic E-state index is 0.0164. The standard InChI is InChI=1S/C25H24N2O5S/c1-27(14-15-31-2)20-13-12-19-16-23(32-22(19)17-20)25(28)26-33(29,30)24-11-7-6-10-21(24)18-8-4-3-5-9-18/h3-13,16-17H,14-15H2,1-2H3,(H,26,28). The molecular formula is C25H24N2O5S. The summed E-state index contributed by atoms with van der Waals surface area (Å²) in [6, 6.07) is 22.8. The normalized spacial score (nSPS) is 11.5. The fourth-order valence-electron chi connectivity index (χ4n) is 3.51. The van der Waals surface area contributed by atoms with Gasteiger partial charge < -0.3 is 14.1 Å². The van der Waals surface area contributed by atoms with E-state index < -0.39 is 15.9 Å². The van der Waals surface area contributed by atoms with E-state index >= 15 is 0 Å². The van der Waals surface area contributed by atoms with Crippen molar-refractivity contribution in [2.45, 2.75) is 4.90 Å². The predicted molar refractivity (Wildman–Crippen MR) is 128 cm³/mol. The van der Waals surface area contributed by atoms with Crippen molar-refractivity contribution in [3.63, 3.8) is 0 Å². The molecule has 0 aliphatic carbocycles. The highest BCUT2D eigenvalue weighted by atomic mass is 32.2. The average Bonchev–Trinajstić information content (AvgIpc) is 3.26. The summed E-state index contributed by atoms with van der Waals surface area (Å²) in [5.74, 6) is -0.911. The lowest BCUT2D eigenvalue weighted by atomic mass is 10.1. The maximum atomic E-state index is 13.1. The molecule has 0 bridgehead atoms. The van der Waals surface area contributed by atoms with Crippen molar-refractivity contribution in [3.8, 4) is 11.1 Å². The van der Waals surface area contributed by atoms with Crippen molar-refractivity contribution >= 4 is 32.6 Å². The van der Waals surface area contributed by atoms with E-state index in [1.165, 1.54) is 12.1 Å². The molecule has 0 unspecified atom stereocenters.